The number of carbonyl (C=O) groups is 1. The number of alkyl halides is 3. The minimum atomic E-state index is -4.60. The maximum Gasteiger partial charge on any atom is 0.416 e. The number of aryl methyl sites for hydroxylation is 1. The van der Waals surface area contributed by atoms with Crippen molar-refractivity contribution in [2.45, 2.75) is 26.1 Å². The molecule has 0 unspecified atom stereocenters. The lowest BCUT2D eigenvalue weighted by atomic mass is 10.1. The van der Waals surface area contributed by atoms with E-state index >= 15 is 0 Å². The largest absolute Gasteiger partial charge is 0.492 e. The highest BCUT2D eigenvalue weighted by molar-refractivity contribution is 7.92. The van der Waals surface area contributed by atoms with Gasteiger partial charge in [-0.05, 0) is 60.0 Å². The Morgan fingerprint density at radius 1 is 0.972 bits per heavy atom. The lowest BCUT2D eigenvalue weighted by molar-refractivity contribution is -0.137. The first-order valence-electron chi connectivity index (χ1n) is 11.2. The maximum absolute atomic E-state index is 13.1. The summed E-state index contributed by atoms with van der Waals surface area (Å²) < 4.78 is 70.4. The number of hydrogen-bond donors (Lipinski definition) is 1. The third-order valence-electron chi connectivity index (χ3n) is 5.39. The number of rotatable bonds is 10. The molecule has 0 atom stereocenters. The summed E-state index contributed by atoms with van der Waals surface area (Å²) in [5, 5.41) is 2.75. The number of ether oxygens (including phenoxy) is 1. The van der Waals surface area contributed by atoms with E-state index < -0.39 is 21.8 Å². The fourth-order valence-corrected chi connectivity index (χ4v) is 4.30. The van der Waals surface area contributed by atoms with Crippen LogP contribution in [0.3, 0.4) is 0 Å². The third kappa shape index (κ3) is 7.48. The standard InChI is InChI=1S/C26H27F3N2O4S/c1-3-19-9-13-24(14-10-19)35-16-15-30-25(32)21-11-7-20(8-12-21)18-31(36(2,33)34)23-6-4-5-22(17-23)26(27,28)29/h4-14,17H,3,15-16,18H2,1-2H3,(H,30,32). The third-order valence-corrected chi connectivity index (χ3v) is 6.53. The maximum atomic E-state index is 13.1. The summed E-state index contributed by atoms with van der Waals surface area (Å²) in [7, 11) is -3.87. The Labute approximate surface area is 208 Å². The van der Waals surface area contributed by atoms with Crippen molar-refractivity contribution in [2.24, 2.45) is 0 Å². The molecule has 6 nitrogen and oxygen atoms in total. The molecule has 0 saturated carbocycles. The molecule has 3 aromatic carbocycles. The van der Waals surface area contributed by atoms with Gasteiger partial charge < -0.3 is 10.1 Å². The Morgan fingerprint density at radius 3 is 2.19 bits per heavy atom. The summed E-state index contributed by atoms with van der Waals surface area (Å²) in [4.78, 5) is 12.4. The van der Waals surface area contributed by atoms with Gasteiger partial charge in [-0.1, -0.05) is 37.3 Å². The van der Waals surface area contributed by atoms with Crippen LogP contribution < -0.4 is 14.4 Å². The molecule has 0 saturated heterocycles. The van der Waals surface area contributed by atoms with Crippen LogP contribution in [0.5, 0.6) is 5.75 Å². The average molecular weight is 521 g/mol. The van der Waals surface area contributed by atoms with Gasteiger partial charge in [-0.3, -0.25) is 9.10 Å². The van der Waals surface area contributed by atoms with E-state index in [1.54, 1.807) is 12.1 Å². The molecule has 0 aromatic heterocycles. The fourth-order valence-electron chi connectivity index (χ4n) is 3.42. The smallest absolute Gasteiger partial charge is 0.416 e. The lowest BCUT2D eigenvalue weighted by Gasteiger charge is -2.23. The summed E-state index contributed by atoms with van der Waals surface area (Å²) in [6.07, 6.45) is -2.74. The molecule has 3 rings (SSSR count). The fraction of sp³-hybridized carbons (Fsp3) is 0.269. The van der Waals surface area contributed by atoms with Gasteiger partial charge in [0.1, 0.15) is 12.4 Å². The first kappa shape index (κ1) is 27.1. The molecule has 3 aromatic rings. The molecular formula is C26H27F3N2O4S. The van der Waals surface area contributed by atoms with Crippen LogP contribution in [0.4, 0.5) is 18.9 Å². The van der Waals surface area contributed by atoms with Crippen molar-refractivity contribution in [3.05, 3.63) is 95.1 Å². The second-order valence-corrected chi connectivity index (χ2v) is 10.0. The first-order valence-corrected chi connectivity index (χ1v) is 13.1. The van der Waals surface area contributed by atoms with Gasteiger partial charge in [-0.15, -0.1) is 0 Å². The summed E-state index contributed by atoms with van der Waals surface area (Å²) in [5.74, 6) is 0.381. The van der Waals surface area contributed by atoms with E-state index in [9.17, 15) is 26.4 Å². The number of carbonyl (C=O) groups excluding carboxylic acids is 1. The molecule has 0 aliphatic heterocycles. The van der Waals surface area contributed by atoms with Gasteiger partial charge in [-0.2, -0.15) is 13.2 Å². The van der Waals surface area contributed by atoms with Crippen molar-refractivity contribution in [1.82, 2.24) is 5.32 Å². The van der Waals surface area contributed by atoms with Crippen molar-refractivity contribution >= 4 is 21.6 Å². The van der Waals surface area contributed by atoms with Crippen LogP contribution in [0.2, 0.25) is 0 Å². The van der Waals surface area contributed by atoms with Gasteiger partial charge in [0.15, 0.2) is 0 Å². The van der Waals surface area contributed by atoms with Gasteiger partial charge in [0.25, 0.3) is 5.91 Å². The molecule has 192 valence electrons. The molecule has 0 heterocycles. The molecule has 0 radical (unpaired) electrons. The summed E-state index contributed by atoms with van der Waals surface area (Å²) in [6.45, 7) is 2.45. The Morgan fingerprint density at radius 2 is 1.61 bits per heavy atom. The highest BCUT2D eigenvalue weighted by Crippen LogP contribution is 2.32. The molecule has 1 amide bonds. The zero-order valence-electron chi connectivity index (χ0n) is 19.9. The molecule has 36 heavy (non-hydrogen) atoms. The zero-order valence-corrected chi connectivity index (χ0v) is 20.7. The predicted octanol–water partition coefficient (Wildman–Crippen LogP) is 5.04. The van der Waals surface area contributed by atoms with Gasteiger partial charge in [0.2, 0.25) is 10.0 Å². The molecule has 0 bridgehead atoms. The van der Waals surface area contributed by atoms with Crippen LogP contribution in [0, 0.1) is 0 Å². The van der Waals surface area contributed by atoms with Gasteiger partial charge in [0.05, 0.1) is 30.6 Å². The van der Waals surface area contributed by atoms with Gasteiger partial charge in [-0.25, -0.2) is 8.42 Å². The quantitative estimate of drug-likeness (QED) is 0.380. The molecule has 0 spiro atoms. The number of nitrogens with one attached hydrogen (secondary N) is 1. The van der Waals surface area contributed by atoms with E-state index in [1.807, 2.05) is 24.3 Å². The van der Waals surface area contributed by atoms with E-state index in [1.165, 1.54) is 23.8 Å². The van der Waals surface area contributed by atoms with E-state index in [-0.39, 0.29) is 31.3 Å². The number of nitrogens with zero attached hydrogens (tertiary/aromatic N) is 1. The molecular weight excluding hydrogens is 493 g/mol. The molecule has 1 N–H and O–H groups in total. The minimum absolute atomic E-state index is 0.0986. The van der Waals surface area contributed by atoms with E-state index in [2.05, 4.69) is 12.2 Å². The monoisotopic (exact) mass is 520 g/mol. The highest BCUT2D eigenvalue weighted by atomic mass is 32.2. The van der Waals surface area contributed by atoms with Gasteiger partial charge >= 0.3 is 6.18 Å². The van der Waals surface area contributed by atoms with Crippen molar-refractivity contribution in [1.29, 1.82) is 0 Å². The Balaban J connectivity index is 1.60. The number of anilines is 1. The molecule has 10 heteroatoms. The minimum Gasteiger partial charge on any atom is -0.492 e. The van der Waals surface area contributed by atoms with Gasteiger partial charge in [0, 0.05) is 5.56 Å². The summed E-state index contributed by atoms with van der Waals surface area (Å²) >= 11 is 0. The van der Waals surface area contributed by atoms with E-state index in [0.717, 1.165) is 35.2 Å². The Hall–Kier alpha value is -3.53. The lowest BCUT2D eigenvalue weighted by Crippen LogP contribution is -2.30. The van der Waals surface area contributed by atoms with Crippen LogP contribution >= 0.6 is 0 Å². The van der Waals surface area contributed by atoms with Crippen LogP contribution in [0.1, 0.15) is 34.0 Å². The number of amides is 1. The number of halogens is 3. The molecule has 0 aliphatic carbocycles. The SMILES string of the molecule is CCc1ccc(OCCNC(=O)c2ccc(CN(c3cccc(C(F)(F)F)c3)S(C)(=O)=O)cc2)cc1. The Bertz CT molecular complexity index is 1280. The van der Waals surface area contributed by atoms with Crippen LogP contribution in [-0.4, -0.2) is 33.7 Å². The zero-order chi connectivity index (χ0) is 26.3. The van der Waals surface area contributed by atoms with Crippen LogP contribution in [0.25, 0.3) is 0 Å². The molecule has 0 aliphatic rings. The topological polar surface area (TPSA) is 75.7 Å². The average Bonchev–Trinajstić information content (AvgIpc) is 2.84. The number of hydrogen-bond acceptors (Lipinski definition) is 4. The van der Waals surface area contributed by atoms with Crippen molar-refractivity contribution in [3.63, 3.8) is 0 Å². The van der Waals surface area contributed by atoms with E-state index in [4.69, 9.17) is 4.74 Å². The van der Waals surface area contributed by atoms with Crippen molar-refractivity contribution in [3.8, 4) is 5.75 Å². The van der Waals surface area contributed by atoms with Crippen molar-refractivity contribution in [2.75, 3.05) is 23.7 Å². The highest BCUT2D eigenvalue weighted by Gasteiger charge is 2.31. The van der Waals surface area contributed by atoms with E-state index in [0.29, 0.717) is 16.9 Å². The first-order chi connectivity index (χ1) is 17.0. The second kappa shape index (κ2) is 11.5. The number of sulfonamides is 1. The second-order valence-electron chi connectivity index (χ2n) is 8.12. The normalized spacial score (nSPS) is 11.7. The summed E-state index contributed by atoms with van der Waals surface area (Å²) in [6, 6.07) is 18.0. The van der Waals surface area contributed by atoms with Crippen LogP contribution in [0.15, 0.2) is 72.8 Å². The Kier molecular flexibility index (Phi) is 8.62. The predicted molar refractivity (Wildman–Crippen MR) is 133 cm³/mol. The molecule has 0 fully saturated rings. The van der Waals surface area contributed by atoms with Crippen molar-refractivity contribution < 1.29 is 31.1 Å². The van der Waals surface area contributed by atoms with Crippen LogP contribution in [-0.2, 0) is 29.2 Å². The number of benzene rings is 3. The summed E-state index contributed by atoms with van der Waals surface area (Å²) in [5.41, 5.74) is 1.03.